The zero-order valence-electron chi connectivity index (χ0n) is 15.1. The molecule has 1 atom stereocenters. The summed E-state index contributed by atoms with van der Waals surface area (Å²) in [5, 5.41) is 9.53. The fourth-order valence-corrected chi connectivity index (χ4v) is 4.19. The Morgan fingerprint density at radius 2 is 1.50 bits per heavy atom. The summed E-state index contributed by atoms with van der Waals surface area (Å²) in [6.07, 6.45) is 4.30. The van der Waals surface area contributed by atoms with Gasteiger partial charge in [0.05, 0.1) is 0 Å². The molecule has 2 amide bonds. The first-order valence-electron chi connectivity index (χ1n) is 9.66. The van der Waals surface area contributed by atoms with E-state index in [-0.39, 0.29) is 6.03 Å². The highest BCUT2D eigenvalue weighted by atomic mass is 16.2. The normalized spacial score (nSPS) is 18.8. The van der Waals surface area contributed by atoms with Gasteiger partial charge in [-0.3, -0.25) is 0 Å². The van der Waals surface area contributed by atoms with Crippen LogP contribution < -0.4 is 16.0 Å². The van der Waals surface area contributed by atoms with Crippen LogP contribution in [0.2, 0.25) is 0 Å². The van der Waals surface area contributed by atoms with E-state index in [2.05, 4.69) is 64.5 Å². The molecule has 2 aromatic rings. The molecule has 0 saturated carbocycles. The maximum absolute atomic E-state index is 12.1. The minimum atomic E-state index is -0.0545. The van der Waals surface area contributed by atoms with Crippen LogP contribution in [0.1, 0.15) is 28.7 Å². The molecule has 2 aliphatic rings. The molecular weight excluding hydrogens is 322 g/mol. The molecule has 0 spiro atoms. The van der Waals surface area contributed by atoms with Crippen molar-refractivity contribution in [2.45, 2.75) is 38.3 Å². The van der Waals surface area contributed by atoms with Gasteiger partial charge in [-0.25, -0.2) is 4.79 Å². The van der Waals surface area contributed by atoms with Crippen molar-refractivity contribution in [3.63, 3.8) is 0 Å². The first-order chi connectivity index (χ1) is 12.8. The van der Waals surface area contributed by atoms with E-state index in [1.165, 1.54) is 22.3 Å². The summed E-state index contributed by atoms with van der Waals surface area (Å²) < 4.78 is 0. The molecule has 1 heterocycles. The molecule has 4 heteroatoms. The van der Waals surface area contributed by atoms with Crippen LogP contribution in [-0.2, 0) is 25.8 Å². The quantitative estimate of drug-likeness (QED) is 0.777. The minimum absolute atomic E-state index is 0.0545. The number of benzene rings is 2. The minimum Gasteiger partial charge on any atom is -0.338 e. The van der Waals surface area contributed by atoms with Gasteiger partial charge in [-0.2, -0.15) is 0 Å². The molecule has 0 saturated heterocycles. The number of amides is 2. The highest BCUT2D eigenvalue weighted by Crippen LogP contribution is 2.28. The summed E-state index contributed by atoms with van der Waals surface area (Å²) in [6.45, 7) is 2.28. The van der Waals surface area contributed by atoms with Crippen LogP contribution in [0.25, 0.3) is 0 Å². The molecule has 0 unspecified atom stereocenters. The van der Waals surface area contributed by atoms with Crippen LogP contribution in [0.15, 0.2) is 48.5 Å². The van der Waals surface area contributed by atoms with Gasteiger partial charge in [0.15, 0.2) is 0 Å². The molecule has 4 nitrogen and oxygen atoms in total. The monoisotopic (exact) mass is 349 g/mol. The van der Waals surface area contributed by atoms with Crippen LogP contribution in [0, 0.1) is 5.92 Å². The summed E-state index contributed by atoms with van der Waals surface area (Å²) in [5.41, 5.74) is 5.71. The van der Waals surface area contributed by atoms with Crippen LogP contribution in [0.4, 0.5) is 4.79 Å². The van der Waals surface area contributed by atoms with Crippen molar-refractivity contribution in [1.29, 1.82) is 0 Å². The third kappa shape index (κ3) is 4.07. The molecule has 0 aromatic heterocycles. The van der Waals surface area contributed by atoms with Gasteiger partial charge in [0, 0.05) is 25.7 Å². The standard InChI is InChI=1S/C22H27N3O/c26-22(23-10-9-16-11-17-5-1-2-6-18(17)12-16)25-15-21-13-19-7-3-4-8-20(19)14-24-21/h1-8,16,21,24H,9-15H2,(H2,23,25,26)/t21-/m0/s1. The molecule has 136 valence electrons. The lowest BCUT2D eigenvalue weighted by molar-refractivity contribution is 0.238. The SMILES string of the molecule is O=C(NCCC1Cc2ccccc2C1)NC[C@@H]1Cc2ccccc2CN1. The van der Waals surface area contributed by atoms with E-state index in [1.54, 1.807) is 0 Å². The lowest BCUT2D eigenvalue weighted by Crippen LogP contribution is -2.47. The highest BCUT2D eigenvalue weighted by molar-refractivity contribution is 5.73. The van der Waals surface area contributed by atoms with Crippen molar-refractivity contribution >= 4 is 6.03 Å². The Hall–Kier alpha value is -2.33. The number of urea groups is 1. The number of carbonyl (C=O) groups excluding carboxylic acids is 1. The summed E-state index contributed by atoms with van der Waals surface area (Å²) in [4.78, 5) is 12.1. The van der Waals surface area contributed by atoms with Gasteiger partial charge >= 0.3 is 6.03 Å². The van der Waals surface area contributed by atoms with Crippen molar-refractivity contribution in [2.75, 3.05) is 13.1 Å². The lowest BCUT2D eigenvalue weighted by atomic mass is 9.96. The van der Waals surface area contributed by atoms with E-state index in [0.29, 0.717) is 18.5 Å². The predicted molar refractivity (Wildman–Crippen MR) is 104 cm³/mol. The number of nitrogens with one attached hydrogen (secondary N) is 3. The number of rotatable bonds is 5. The highest BCUT2D eigenvalue weighted by Gasteiger charge is 2.21. The summed E-state index contributed by atoms with van der Waals surface area (Å²) in [5.74, 6) is 0.657. The van der Waals surface area contributed by atoms with E-state index in [9.17, 15) is 4.79 Å². The molecule has 0 fully saturated rings. The van der Waals surface area contributed by atoms with Crippen LogP contribution >= 0.6 is 0 Å². The molecule has 2 aromatic carbocycles. The fraction of sp³-hybridized carbons (Fsp3) is 0.409. The molecule has 1 aliphatic heterocycles. The molecule has 26 heavy (non-hydrogen) atoms. The Bertz CT molecular complexity index is 748. The number of fused-ring (bicyclic) bond motifs is 2. The van der Waals surface area contributed by atoms with E-state index >= 15 is 0 Å². The number of hydrogen-bond donors (Lipinski definition) is 3. The second kappa shape index (κ2) is 7.92. The first-order valence-corrected chi connectivity index (χ1v) is 9.66. The molecule has 0 radical (unpaired) electrons. The smallest absolute Gasteiger partial charge is 0.314 e. The van der Waals surface area contributed by atoms with Gasteiger partial charge in [-0.15, -0.1) is 0 Å². The second-order valence-corrected chi connectivity index (χ2v) is 7.52. The van der Waals surface area contributed by atoms with Crippen molar-refractivity contribution in [2.24, 2.45) is 5.92 Å². The molecule has 4 rings (SSSR count). The van der Waals surface area contributed by atoms with Gasteiger partial charge < -0.3 is 16.0 Å². The Kier molecular flexibility index (Phi) is 5.21. The maximum atomic E-state index is 12.1. The van der Waals surface area contributed by atoms with E-state index in [4.69, 9.17) is 0 Å². The third-order valence-electron chi connectivity index (χ3n) is 5.65. The van der Waals surface area contributed by atoms with Gasteiger partial charge in [-0.05, 0) is 53.9 Å². The zero-order valence-corrected chi connectivity index (χ0v) is 15.1. The summed E-state index contributed by atoms with van der Waals surface area (Å²) in [6, 6.07) is 17.5. The number of hydrogen-bond acceptors (Lipinski definition) is 2. The Morgan fingerprint density at radius 3 is 2.19 bits per heavy atom. The van der Waals surface area contributed by atoms with Gasteiger partial charge in [0.2, 0.25) is 0 Å². The number of carbonyl (C=O) groups is 1. The van der Waals surface area contributed by atoms with E-state index < -0.39 is 0 Å². The maximum Gasteiger partial charge on any atom is 0.314 e. The van der Waals surface area contributed by atoms with E-state index in [1.807, 2.05) is 0 Å². The summed E-state index contributed by atoms with van der Waals surface area (Å²) >= 11 is 0. The van der Waals surface area contributed by atoms with Crippen molar-refractivity contribution < 1.29 is 4.79 Å². The Labute approximate surface area is 155 Å². The Morgan fingerprint density at radius 1 is 0.885 bits per heavy atom. The zero-order chi connectivity index (χ0) is 17.8. The lowest BCUT2D eigenvalue weighted by Gasteiger charge is -2.26. The molecular formula is C22H27N3O. The largest absolute Gasteiger partial charge is 0.338 e. The average molecular weight is 349 g/mol. The topological polar surface area (TPSA) is 53.2 Å². The van der Waals surface area contributed by atoms with E-state index in [0.717, 1.165) is 38.8 Å². The second-order valence-electron chi connectivity index (χ2n) is 7.52. The third-order valence-corrected chi connectivity index (χ3v) is 5.65. The van der Waals surface area contributed by atoms with Gasteiger partial charge in [0.25, 0.3) is 0 Å². The van der Waals surface area contributed by atoms with Crippen LogP contribution in [0.3, 0.4) is 0 Å². The Balaban J connectivity index is 1.14. The summed E-state index contributed by atoms with van der Waals surface area (Å²) in [7, 11) is 0. The molecule has 0 bridgehead atoms. The first kappa shape index (κ1) is 17.1. The fourth-order valence-electron chi connectivity index (χ4n) is 4.19. The predicted octanol–water partition coefficient (Wildman–Crippen LogP) is 2.81. The van der Waals surface area contributed by atoms with Crippen LogP contribution in [0.5, 0.6) is 0 Å². The molecule has 3 N–H and O–H groups in total. The van der Waals surface area contributed by atoms with Crippen molar-refractivity contribution in [3.8, 4) is 0 Å². The van der Waals surface area contributed by atoms with Crippen LogP contribution in [-0.4, -0.2) is 25.2 Å². The average Bonchev–Trinajstić information content (AvgIpc) is 3.09. The molecule has 1 aliphatic carbocycles. The van der Waals surface area contributed by atoms with Crippen molar-refractivity contribution in [1.82, 2.24) is 16.0 Å². The van der Waals surface area contributed by atoms with Crippen molar-refractivity contribution in [3.05, 3.63) is 70.8 Å². The van der Waals surface area contributed by atoms with Gasteiger partial charge in [-0.1, -0.05) is 48.5 Å². The van der Waals surface area contributed by atoms with Gasteiger partial charge in [0.1, 0.15) is 0 Å².